The molecule has 0 unspecified atom stereocenters. The first-order valence-electron chi connectivity index (χ1n) is 10.4. The predicted molar refractivity (Wildman–Crippen MR) is 102 cm³/mol. The first kappa shape index (κ1) is 20.8. The minimum atomic E-state index is -0.663. The lowest BCUT2D eigenvalue weighted by Gasteiger charge is -2.27. The minimum Gasteiger partial charge on any atom is -0.460 e. The van der Waals surface area contributed by atoms with Crippen molar-refractivity contribution in [1.82, 2.24) is 4.98 Å². The molecule has 0 amide bonds. The second kappa shape index (κ2) is 10.0. The number of aromatic nitrogens is 2. The quantitative estimate of drug-likeness (QED) is 0.397. The van der Waals surface area contributed by atoms with Gasteiger partial charge in [-0.3, -0.25) is 4.79 Å². The van der Waals surface area contributed by atoms with Crippen molar-refractivity contribution < 1.29 is 23.6 Å². The number of H-pyrrole nitrogens is 1. The van der Waals surface area contributed by atoms with E-state index >= 15 is 0 Å². The fraction of sp³-hybridized carbons (Fsp3) is 0.750. The van der Waals surface area contributed by atoms with Crippen LogP contribution in [0, 0.1) is 11.8 Å². The van der Waals surface area contributed by atoms with Gasteiger partial charge < -0.3 is 19.9 Å². The van der Waals surface area contributed by atoms with E-state index < -0.39 is 12.5 Å². The Morgan fingerprint density at radius 2 is 2.11 bits per heavy atom. The van der Waals surface area contributed by atoms with Gasteiger partial charge in [0.05, 0.1) is 5.92 Å². The van der Waals surface area contributed by atoms with E-state index in [0.29, 0.717) is 0 Å². The summed E-state index contributed by atoms with van der Waals surface area (Å²) >= 11 is 0. The maximum Gasteiger partial charge on any atom is 0.499 e. The molecule has 2 heterocycles. The van der Waals surface area contributed by atoms with Gasteiger partial charge in [0.2, 0.25) is 6.23 Å². The number of carbonyl (C=O) groups is 1. The summed E-state index contributed by atoms with van der Waals surface area (Å²) in [6, 6.07) is 1.58. The Bertz CT molecular complexity index is 699. The van der Waals surface area contributed by atoms with Crippen LogP contribution in [0.1, 0.15) is 64.5 Å². The number of esters is 1. The van der Waals surface area contributed by atoms with Crippen LogP contribution < -0.4 is 16.0 Å². The Labute approximate surface area is 165 Å². The third-order valence-corrected chi connectivity index (χ3v) is 5.70. The molecule has 0 radical (unpaired) electrons. The van der Waals surface area contributed by atoms with E-state index in [9.17, 15) is 9.59 Å². The zero-order valence-electron chi connectivity index (χ0n) is 16.6. The second-order valence-electron chi connectivity index (χ2n) is 7.81. The molecule has 3 rings (SSSR count). The summed E-state index contributed by atoms with van der Waals surface area (Å²) in [5.41, 5.74) is 5.17. The maximum atomic E-state index is 12.4. The number of hydrogen-bond donors (Lipinski definition) is 2. The topological polar surface area (TPSA) is 108 Å². The smallest absolute Gasteiger partial charge is 0.460 e. The largest absolute Gasteiger partial charge is 0.499 e. The van der Waals surface area contributed by atoms with Crippen LogP contribution in [0.3, 0.4) is 0 Å². The van der Waals surface area contributed by atoms with Gasteiger partial charge in [0.25, 0.3) is 0 Å². The molecule has 1 saturated heterocycles. The minimum absolute atomic E-state index is 0.0195. The Morgan fingerprint density at radius 3 is 2.82 bits per heavy atom. The van der Waals surface area contributed by atoms with Crippen LogP contribution in [0.15, 0.2) is 17.1 Å². The summed E-state index contributed by atoms with van der Waals surface area (Å²) in [7, 11) is 0. The molecular weight excluding hydrogens is 362 g/mol. The van der Waals surface area contributed by atoms with Gasteiger partial charge in [0, 0.05) is 6.07 Å². The molecule has 3 N–H and O–H groups in total. The molecule has 2 fully saturated rings. The molecule has 0 aromatic carbocycles. The van der Waals surface area contributed by atoms with Crippen molar-refractivity contribution in [3.8, 4) is 0 Å². The fourth-order valence-electron chi connectivity index (χ4n) is 4.00. The molecule has 2 aliphatic rings. The highest BCUT2D eigenvalue weighted by molar-refractivity contribution is 5.72. The maximum absolute atomic E-state index is 12.4. The molecule has 1 aromatic heterocycles. The van der Waals surface area contributed by atoms with Crippen LogP contribution in [0.4, 0.5) is 5.82 Å². The summed E-state index contributed by atoms with van der Waals surface area (Å²) in [5, 5.41) is 0. The van der Waals surface area contributed by atoms with Gasteiger partial charge in [-0.05, 0) is 31.6 Å². The highest BCUT2D eigenvalue weighted by atomic mass is 16.7. The third-order valence-electron chi connectivity index (χ3n) is 5.70. The number of ether oxygens (including phenoxy) is 3. The SMILES string of the molecule is CCCCCC1CCC(C(=O)OC[C@H]2OC[C@@H]([n+]3ccc(N)[nH]c3=O)O2)CC1. The average Bonchev–Trinajstić information content (AvgIpc) is 3.15. The summed E-state index contributed by atoms with van der Waals surface area (Å²) in [6.07, 6.45) is 9.47. The third kappa shape index (κ3) is 5.54. The number of nitrogens with two attached hydrogens (primary N) is 1. The molecule has 1 aromatic rings. The van der Waals surface area contributed by atoms with Gasteiger partial charge in [-0.15, -0.1) is 0 Å². The zero-order chi connectivity index (χ0) is 19.9. The first-order chi connectivity index (χ1) is 13.6. The van der Waals surface area contributed by atoms with Crippen molar-refractivity contribution in [3.05, 3.63) is 22.7 Å². The van der Waals surface area contributed by atoms with Crippen LogP contribution in [-0.2, 0) is 19.0 Å². The van der Waals surface area contributed by atoms with Gasteiger partial charge in [0.15, 0.2) is 12.1 Å². The Balaban J connectivity index is 1.38. The molecule has 28 heavy (non-hydrogen) atoms. The number of carbonyl (C=O) groups excluding carboxylic acids is 1. The molecule has 1 saturated carbocycles. The van der Waals surface area contributed by atoms with Gasteiger partial charge in [0.1, 0.15) is 19.4 Å². The van der Waals surface area contributed by atoms with Crippen molar-refractivity contribution in [2.45, 2.75) is 70.8 Å². The lowest BCUT2D eigenvalue weighted by atomic mass is 9.80. The van der Waals surface area contributed by atoms with Gasteiger partial charge in [-0.25, -0.2) is 0 Å². The molecular formula is C20H32N3O5+. The van der Waals surface area contributed by atoms with Crippen molar-refractivity contribution in [2.75, 3.05) is 18.9 Å². The lowest BCUT2D eigenvalue weighted by molar-refractivity contribution is -0.771. The van der Waals surface area contributed by atoms with Crippen molar-refractivity contribution in [2.24, 2.45) is 11.8 Å². The normalized spacial score (nSPS) is 27.6. The number of rotatable bonds is 8. The highest BCUT2D eigenvalue weighted by Gasteiger charge is 2.34. The van der Waals surface area contributed by atoms with E-state index in [1.165, 1.54) is 30.3 Å². The standard InChI is InChI=1S/C20H31N3O5/c1-2-3-4-5-14-6-8-15(9-7-14)19(24)27-13-18-26-12-17(28-18)23-11-10-16(21)22-20(23)25/h10-11,14-15,17-18H,2-9,12-13H2,1H3,(H2,21,22,25)/p+1/t14?,15?,17-,18-/m0/s1. The summed E-state index contributed by atoms with van der Waals surface area (Å²) in [5.74, 6) is 0.855. The van der Waals surface area contributed by atoms with Crippen molar-refractivity contribution >= 4 is 11.8 Å². The Kier molecular flexibility index (Phi) is 7.44. The van der Waals surface area contributed by atoms with E-state index in [1.54, 1.807) is 12.3 Å². The molecule has 1 aliphatic carbocycles. The molecule has 2 atom stereocenters. The molecule has 8 nitrogen and oxygen atoms in total. The van der Waals surface area contributed by atoms with Crippen molar-refractivity contribution in [1.29, 1.82) is 0 Å². The number of unbranched alkanes of at least 4 members (excludes halogenated alkanes) is 2. The number of nitrogens with zero attached hydrogens (tertiary/aromatic N) is 1. The van der Waals surface area contributed by atoms with E-state index in [4.69, 9.17) is 19.9 Å². The van der Waals surface area contributed by atoms with Gasteiger partial charge in [-0.1, -0.05) is 32.6 Å². The number of nitrogen functional groups attached to an aromatic ring is 1. The number of nitrogens with one attached hydrogen (secondary N) is 1. The van der Waals surface area contributed by atoms with E-state index in [-0.39, 0.29) is 36.6 Å². The Hall–Kier alpha value is -1.93. The second-order valence-corrected chi connectivity index (χ2v) is 7.81. The Morgan fingerprint density at radius 1 is 1.32 bits per heavy atom. The summed E-state index contributed by atoms with van der Waals surface area (Å²) < 4.78 is 18.0. The predicted octanol–water partition coefficient (Wildman–Crippen LogP) is 2.05. The van der Waals surface area contributed by atoms with Crippen molar-refractivity contribution in [3.63, 3.8) is 0 Å². The highest BCUT2D eigenvalue weighted by Crippen LogP contribution is 2.32. The summed E-state index contributed by atoms with van der Waals surface area (Å²) in [6.45, 7) is 2.47. The first-order valence-corrected chi connectivity index (χ1v) is 10.4. The van der Waals surface area contributed by atoms with Gasteiger partial charge in [-0.2, -0.15) is 14.3 Å². The molecule has 1 aliphatic heterocycles. The van der Waals surface area contributed by atoms with Crippen LogP contribution in [0.5, 0.6) is 0 Å². The van der Waals surface area contributed by atoms with E-state index in [1.807, 2.05) is 0 Å². The van der Waals surface area contributed by atoms with Crippen LogP contribution in [0.25, 0.3) is 0 Å². The summed E-state index contributed by atoms with van der Waals surface area (Å²) in [4.78, 5) is 26.8. The number of aromatic amines is 1. The average molecular weight is 394 g/mol. The van der Waals surface area contributed by atoms with Gasteiger partial charge >= 0.3 is 11.7 Å². The number of anilines is 1. The monoisotopic (exact) mass is 394 g/mol. The molecule has 8 heteroatoms. The lowest BCUT2D eigenvalue weighted by Crippen LogP contribution is -2.55. The fourth-order valence-corrected chi connectivity index (χ4v) is 4.00. The molecule has 0 bridgehead atoms. The van der Waals surface area contributed by atoms with Crippen LogP contribution in [0.2, 0.25) is 0 Å². The zero-order valence-corrected chi connectivity index (χ0v) is 16.6. The number of hydrogen-bond acceptors (Lipinski definition) is 6. The van der Waals surface area contributed by atoms with E-state index in [0.717, 1.165) is 31.6 Å². The van der Waals surface area contributed by atoms with Crippen LogP contribution >= 0.6 is 0 Å². The molecule has 0 spiro atoms. The van der Waals surface area contributed by atoms with E-state index in [2.05, 4.69) is 11.9 Å². The van der Waals surface area contributed by atoms with Crippen LogP contribution in [-0.4, -0.2) is 30.5 Å². The molecule has 156 valence electrons.